The smallest absolute Gasteiger partial charge is 0.141 e. The van der Waals surface area contributed by atoms with Crippen molar-refractivity contribution in [1.82, 2.24) is 25.1 Å². The van der Waals surface area contributed by atoms with Crippen LogP contribution in [0.2, 0.25) is 0 Å². The van der Waals surface area contributed by atoms with Crippen molar-refractivity contribution in [3.63, 3.8) is 0 Å². The zero-order chi connectivity index (χ0) is 22.3. The highest BCUT2D eigenvalue weighted by atomic mass is 15.2. The predicted octanol–water partition coefficient (Wildman–Crippen LogP) is 3.64. The highest BCUT2D eigenvalue weighted by Crippen LogP contribution is 2.29. The summed E-state index contributed by atoms with van der Waals surface area (Å²) in [5.74, 6) is 3.48. The third-order valence-corrected chi connectivity index (χ3v) is 6.29. The minimum absolute atomic E-state index is 0.335. The molecule has 1 aliphatic heterocycles. The van der Waals surface area contributed by atoms with Gasteiger partial charge < -0.3 is 15.5 Å². The summed E-state index contributed by atoms with van der Waals surface area (Å²) in [6.45, 7) is 11.9. The number of nitrogens with one attached hydrogen (secondary N) is 2. The van der Waals surface area contributed by atoms with Gasteiger partial charge in [0, 0.05) is 55.4 Å². The van der Waals surface area contributed by atoms with Gasteiger partial charge in [0.25, 0.3) is 0 Å². The van der Waals surface area contributed by atoms with E-state index in [1.165, 1.54) is 5.56 Å². The average molecular weight is 429 g/mol. The maximum absolute atomic E-state index is 5.56. The third-order valence-electron chi connectivity index (χ3n) is 6.29. The van der Waals surface area contributed by atoms with E-state index in [2.05, 4.69) is 68.4 Å². The molecule has 6 nitrogen and oxygen atoms in total. The van der Waals surface area contributed by atoms with Crippen molar-refractivity contribution >= 4 is 22.4 Å². The molecule has 0 aliphatic carbocycles. The van der Waals surface area contributed by atoms with Crippen molar-refractivity contribution in [3.05, 3.63) is 59.9 Å². The first-order valence-corrected chi connectivity index (χ1v) is 11.5. The van der Waals surface area contributed by atoms with Crippen LogP contribution in [0.5, 0.6) is 0 Å². The van der Waals surface area contributed by atoms with Crippen molar-refractivity contribution in [1.29, 1.82) is 0 Å². The fourth-order valence-electron chi connectivity index (χ4n) is 4.36. The van der Waals surface area contributed by atoms with Gasteiger partial charge in [0.15, 0.2) is 0 Å². The molecule has 1 saturated heterocycles. The van der Waals surface area contributed by atoms with Gasteiger partial charge in [-0.25, -0.2) is 9.97 Å². The van der Waals surface area contributed by atoms with Gasteiger partial charge in [-0.15, -0.1) is 6.42 Å². The van der Waals surface area contributed by atoms with Crippen LogP contribution < -0.4 is 10.6 Å². The Morgan fingerprint density at radius 3 is 2.88 bits per heavy atom. The summed E-state index contributed by atoms with van der Waals surface area (Å²) in [5.41, 5.74) is 3.98. The maximum atomic E-state index is 5.56. The second-order valence-corrected chi connectivity index (χ2v) is 8.13. The summed E-state index contributed by atoms with van der Waals surface area (Å²) in [6.07, 6.45) is 7.17. The summed E-state index contributed by atoms with van der Waals surface area (Å²) >= 11 is 0. The number of likely N-dealkylation sites (N-methyl/N-ethyl adjacent to an activating group) is 1. The molecule has 3 aromatic rings. The van der Waals surface area contributed by atoms with Gasteiger partial charge in [-0.3, -0.25) is 4.90 Å². The Balaban J connectivity index is 1.61. The molecule has 0 bridgehead atoms. The predicted molar refractivity (Wildman–Crippen MR) is 132 cm³/mol. The molecule has 2 aromatic carbocycles. The van der Waals surface area contributed by atoms with Crippen molar-refractivity contribution in [2.24, 2.45) is 0 Å². The molecular weight excluding hydrogens is 396 g/mol. The van der Waals surface area contributed by atoms with E-state index < -0.39 is 0 Å². The molecule has 1 unspecified atom stereocenters. The van der Waals surface area contributed by atoms with Gasteiger partial charge in [-0.1, -0.05) is 31.9 Å². The fourth-order valence-corrected chi connectivity index (χ4v) is 4.36. The number of piperazine rings is 1. The maximum Gasteiger partial charge on any atom is 0.141 e. The van der Waals surface area contributed by atoms with Crippen LogP contribution in [0.1, 0.15) is 31.0 Å². The summed E-state index contributed by atoms with van der Waals surface area (Å²) in [5, 5.41) is 8.03. The largest absolute Gasteiger partial charge is 0.340 e. The molecule has 0 radical (unpaired) electrons. The Hall–Kier alpha value is -2.98. The lowest BCUT2D eigenvalue weighted by Gasteiger charge is -2.37. The SMILES string of the molecule is C#Cc1cccc(Nc2ncnc3ccc(C4CNCCN4CCN(CC)CC)cc23)c1. The monoisotopic (exact) mass is 428 g/mol. The van der Waals surface area contributed by atoms with E-state index in [0.717, 1.165) is 73.8 Å². The van der Waals surface area contributed by atoms with Crippen LogP contribution in [-0.4, -0.2) is 65.6 Å². The molecule has 0 spiro atoms. The van der Waals surface area contributed by atoms with Gasteiger partial charge in [-0.2, -0.15) is 0 Å². The van der Waals surface area contributed by atoms with Crippen molar-refractivity contribution in [2.75, 3.05) is 51.1 Å². The molecule has 32 heavy (non-hydrogen) atoms. The molecule has 0 saturated carbocycles. The molecule has 1 aliphatic rings. The van der Waals surface area contributed by atoms with E-state index in [-0.39, 0.29) is 0 Å². The minimum atomic E-state index is 0.335. The lowest BCUT2D eigenvalue weighted by molar-refractivity contribution is 0.139. The molecule has 4 rings (SSSR count). The van der Waals surface area contributed by atoms with Gasteiger partial charge in [0.1, 0.15) is 12.1 Å². The topological polar surface area (TPSA) is 56.3 Å². The van der Waals surface area contributed by atoms with Crippen LogP contribution in [0.4, 0.5) is 11.5 Å². The van der Waals surface area contributed by atoms with E-state index in [9.17, 15) is 0 Å². The minimum Gasteiger partial charge on any atom is -0.340 e. The number of nitrogens with zero attached hydrogens (tertiary/aromatic N) is 4. The molecule has 2 heterocycles. The van der Waals surface area contributed by atoms with Gasteiger partial charge in [0.2, 0.25) is 0 Å². The standard InChI is InChI=1S/C26H32N6/c1-4-20-8-7-9-22(16-20)30-26-23-17-21(10-11-24(23)28-19-29-26)25-18-27-12-13-32(25)15-14-31(5-2)6-3/h1,7-11,16-17,19,25,27H,5-6,12-15,18H2,2-3H3,(H,28,29,30). The Labute approximate surface area is 191 Å². The second-order valence-electron chi connectivity index (χ2n) is 8.13. The number of benzene rings is 2. The first-order valence-electron chi connectivity index (χ1n) is 11.5. The van der Waals surface area contributed by atoms with E-state index in [1.807, 2.05) is 24.3 Å². The Morgan fingerprint density at radius 2 is 2.06 bits per heavy atom. The first-order chi connectivity index (χ1) is 15.7. The molecule has 1 fully saturated rings. The van der Waals surface area contributed by atoms with Crippen LogP contribution in [-0.2, 0) is 0 Å². The van der Waals surface area contributed by atoms with E-state index in [1.54, 1.807) is 6.33 Å². The van der Waals surface area contributed by atoms with Gasteiger partial charge in [-0.05, 0) is 49.0 Å². The molecular formula is C26H32N6. The normalized spacial score (nSPS) is 16.9. The quantitative estimate of drug-likeness (QED) is 0.534. The highest BCUT2D eigenvalue weighted by Gasteiger charge is 2.24. The van der Waals surface area contributed by atoms with E-state index >= 15 is 0 Å². The van der Waals surface area contributed by atoms with E-state index in [0.29, 0.717) is 6.04 Å². The second kappa shape index (κ2) is 10.6. The summed E-state index contributed by atoms with van der Waals surface area (Å²) in [7, 11) is 0. The van der Waals surface area contributed by atoms with Crippen LogP contribution >= 0.6 is 0 Å². The molecule has 0 amide bonds. The lowest BCUT2D eigenvalue weighted by atomic mass is 10.0. The number of rotatable bonds is 8. The zero-order valence-electron chi connectivity index (χ0n) is 19.0. The van der Waals surface area contributed by atoms with Crippen molar-refractivity contribution in [2.45, 2.75) is 19.9 Å². The number of terminal acetylenes is 1. The molecule has 6 heteroatoms. The Morgan fingerprint density at radius 1 is 1.19 bits per heavy atom. The van der Waals surface area contributed by atoms with Crippen LogP contribution in [0.3, 0.4) is 0 Å². The van der Waals surface area contributed by atoms with Crippen LogP contribution in [0.25, 0.3) is 10.9 Å². The number of hydrogen-bond acceptors (Lipinski definition) is 6. The number of fused-ring (bicyclic) bond motifs is 1. The fraction of sp³-hybridized carbons (Fsp3) is 0.385. The molecule has 1 aromatic heterocycles. The Bertz CT molecular complexity index is 1090. The average Bonchev–Trinajstić information content (AvgIpc) is 2.85. The number of aromatic nitrogens is 2. The van der Waals surface area contributed by atoms with Crippen LogP contribution in [0.15, 0.2) is 48.8 Å². The number of hydrogen-bond donors (Lipinski definition) is 2. The van der Waals surface area contributed by atoms with Gasteiger partial charge in [0.05, 0.1) is 5.52 Å². The zero-order valence-corrected chi connectivity index (χ0v) is 19.0. The Kier molecular flexibility index (Phi) is 7.33. The molecule has 1 atom stereocenters. The summed E-state index contributed by atoms with van der Waals surface area (Å²) in [4.78, 5) is 14.1. The highest BCUT2D eigenvalue weighted by molar-refractivity contribution is 5.91. The first kappa shape index (κ1) is 22.2. The van der Waals surface area contributed by atoms with Crippen LogP contribution in [0, 0.1) is 12.3 Å². The molecule has 2 N–H and O–H groups in total. The number of anilines is 2. The third kappa shape index (κ3) is 5.08. The summed E-state index contributed by atoms with van der Waals surface area (Å²) in [6, 6.07) is 14.7. The summed E-state index contributed by atoms with van der Waals surface area (Å²) < 4.78 is 0. The van der Waals surface area contributed by atoms with E-state index in [4.69, 9.17) is 6.42 Å². The van der Waals surface area contributed by atoms with Crippen molar-refractivity contribution in [3.8, 4) is 12.3 Å². The van der Waals surface area contributed by atoms with Crippen molar-refractivity contribution < 1.29 is 0 Å². The molecule has 166 valence electrons. The lowest BCUT2D eigenvalue weighted by Crippen LogP contribution is -2.48. The van der Waals surface area contributed by atoms with Gasteiger partial charge >= 0.3 is 0 Å².